The summed E-state index contributed by atoms with van der Waals surface area (Å²) in [6.45, 7) is 3.78. The molecule has 0 spiro atoms. The van der Waals surface area contributed by atoms with Crippen molar-refractivity contribution in [1.82, 2.24) is 14.8 Å². The summed E-state index contributed by atoms with van der Waals surface area (Å²) in [5.74, 6) is -0.184. The molecule has 124 valence electrons. The van der Waals surface area contributed by atoms with Gasteiger partial charge in [-0.2, -0.15) is 0 Å². The number of aromatic nitrogens is 1. The molecule has 1 aromatic carbocycles. The van der Waals surface area contributed by atoms with Gasteiger partial charge in [-0.05, 0) is 17.7 Å². The van der Waals surface area contributed by atoms with Crippen LogP contribution in [-0.4, -0.2) is 53.4 Å². The van der Waals surface area contributed by atoms with Crippen molar-refractivity contribution in [3.63, 3.8) is 0 Å². The first-order valence-electron chi connectivity index (χ1n) is 8.15. The van der Waals surface area contributed by atoms with Gasteiger partial charge in [-0.25, -0.2) is 0 Å². The lowest BCUT2D eigenvalue weighted by molar-refractivity contribution is 0.0648. The smallest absolute Gasteiger partial charge is 0.260 e. The topological polar surface area (TPSA) is 56.4 Å². The lowest BCUT2D eigenvalue weighted by Gasteiger charge is -2.34. The molecule has 2 heterocycles. The van der Waals surface area contributed by atoms with Gasteiger partial charge in [-0.3, -0.25) is 14.5 Å². The van der Waals surface area contributed by atoms with Crippen LogP contribution in [0, 0.1) is 0 Å². The van der Waals surface area contributed by atoms with Crippen molar-refractivity contribution >= 4 is 12.0 Å². The Morgan fingerprint density at radius 3 is 2.50 bits per heavy atom. The minimum absolute atomic E-state index is 0.184. The molecule has 24 heavy (non-hydrogen) atoms. The highest BCUT2D eigenvalue weighted by molar-refractivity contribution is 5.93. The first-order valence-corrected chi connectivity index (χ1v) is 8.15. The second-order valence-corrected chi connectivity index (χ2v) is 5.82. The maximum atomic E-state index is 12.4. The molecule has 1 saturated heterocycles. The molecular formula is C19H21N3O2. The number of aromatic amines is 1. The zero-order valence-electron chi connectivity index (χ0n) is 13.5. The molecule has 1 aliphatic heterocycles. The van der Waals surface area contributed by atoms with Crippen LogP contribution in [0.4, 0.5) is 0 Å². The lowest BCUT2D eigenvalue weighted by atomic mass is 10.2. The van der Waals surface area contributed by atoms with Crippen LogP contribution in [0.25, 0.3) is 6.08 Å². The Hall–Kier alpha value is -2.66. The average molecular weight is 323 g/mol. The van der Waals surface area contributed by atoms with E-state index in [1.54, 1.807) is 17.0 Å². The Balaban J connectivity index is 1.51. The van der Waals surface area contributed by atoms with Crippen LogP contribution >= 0.6 is 0 Å². The monoisotopic (exact) mass is 323 g/mol. The Labute approximate surface area is 141 Å². The molecule has 1 amide bonds. The van der Waals surface area contributed by atoms with E-state index in [0.29, 0.717) is 13.1 Å². The summed E-state index contributed by atoms with van der Waals surface area (Å²) in [5.41, 5.74) is 1.08. The van der Waals surface area contributed by atoms with E-state index in [1.165, 1.54) is 11.8 Å². The Bertz CT molecular complexity index is 759. The van der Waals surface area contributed by atoms with E-state index in [0.717, 1.165) is 19.6 Å². The average Bonchev–Trinajstić information content (AvgIpc) is 2.63. The van der Waals surface area contributed by atoms with Gasteiger partial charge in [-0.15, -0.1) is 0 Å². The van der Waals surface area contributed by atoms with Crippen LogP contribution in [0.2, 0.25) is 0 Å². The number of pyridine rings is 1. The van der Waals surface area contributed by atoms with Crippen molar-refractivity contribution in [3.8, 4) is 0 Å². The van der Waals surface area contributed by atoms with E-state index >= 15 is 0 Å². The van der Waals surface area contributed by atoms with Crippen LogP contribution in [0.1, 0.15) is 15.9 Å². The van der Waals surface area contributed by atoms with Crippen molar-refractivity contribution in [2.24, 2.45) is 0 Å². The highest BCUT2D eigenvalue weighted by Gasteiger charge is 2.22. The lowest BCUT2D eigenvalue weighted by Crippen LogP contribution is -2.49. The second-order valence-electron chi connectivity index (χ2n) is 5.82. The molecule has 5 heteroatoms. The molecule has 1 aromatic heterocycles. The quantitative estimate of drug-likeness (QED) is 0.934. The van der Waals surface area contributed by atoms with Gasteiger partial charge in [0.1, 0.15) is 5.56 Å². The number of H-pyrrole nitrogens is 1. The molecule has 0 saturated carbocycles. The van der Waals surface area contributed by atoms with Crippen LogP contribution in [0.5, 0.6) is 0 Å². The molecule has 1 fully saturated rings. The number of benzene rings is 1. The first-order chi connectivity index (χ1) is 11.7. The van der Waals surface area contributed by atoms with Gasteiger partial charge in [0.05, 0.1) is 0 Å². The van der Waals surface area contributed by atoms with Gasteiger partial charge in [0, 0.05) is 38.9 Å². The molecule has 0 unspecified atom stereocenters. The van der Waals surface area contributed by atoms with Crippen molar-refractivity contribution in [2.75, 3.05) is 32.7 Å². The molecule has 3 rings (SSSR count). The number of carbonyl (C=O) groups is 1. The third-order valence-electron chi connectivity index (χ3n) is 4.18. The summed E-state index contributed by atoms with van der Waals surface area (Å²) in [4.78, 5) is 30.7. The zero-order chi connectivity index (χ0) is 16.8. The second kappa shape index (κ2) is 7.75. The molecular weight excluding hydrogens is 302 g/mol. The number of amides is 1. The number of carbonyl (C=O) groups excluding carboxylic acids is 1. The molecule has 5 nitrogen and oxygen atoms in total. The summed E-state index contributed by atoms with van der Waals surface area (Å²) < 4.78 is 0. The molecule has 2 aromatic rings. The molecule has 0 radical (unpaired) electrons. The van der Waals surface area contributed by atoms with E-state index < -0.39 is 0 Å². The summed E-state index contributed by atoms with van der Waals surface area (Å²) in [5, 5.41) is 0. The minimum Gasteiger partial charge on any atom is -0.336 e. The standard InChI is InChI=1S/C19H21N3O2/c23-18-17(9-4-10-20-18)19(24)22-14-12-21(13-15-22)11-5-8-16-6-2-1-3-7-16/h1-10H,11-15H2,(H,20,23)/b8-5+. The third kappa shape index (κ3) is 4.00. The molecule has 1 N–H and O–H groups in total. The van der Waals surface area contributed by atoms with Gasteiger partial charge in [0.2, 0.25) is 0 Å². The number of nitrogens with one attached hydrogen (secondary N) is 1. The van der Waals surface area contributed by atoms with Gasteiger partial charge >= 0.3 is 0 Å². The first kappa shape index (κ1) is 16.2. The fourth-order valence-electron chi connectivity index (χ4n) is 2.80. The highest BCUT2D eigenvalue weighted by Crippen LogP contribution is 2.07. The summed E-state index contributed by atoms with van der Waals surface area (Å²) in [6, 6.07) is 13.5. The van der Waals surface area contributed by atoms with Crippen LogP contribution < -0.4 is 5.56 Å². The SMILES string of the molecule is O=C(c1ccc[nH]c1=O)N1CCN(C/C=C/c2ccccc2)CC1. The molecule has 0 atom stereocenters. The van der Waals surface area contributed by atoms with Gasteiger partial charge < -0.3 is 9.88 Å². The van der Waals surface area contributed by atoms with Crippen LogP contribution in [0.15, 0.2) is 59.5 Å². The highest BCUT2D eigenvalue weighted by atomic mass is 16.2. The third-order valence-corrected chi connectivity index (χ3v) is 4.18. The molecule has 0 aliphatic carbocycles. The Morgan fingerprint density at radius 1 is 1.04 bits per heavy atom. The predicted octanol–water partition coefficient (Wildman–Crippen LogP) is 1.85. The normalized spacial score (nSPS) is 15.8. The van der Waals surface area contributed by atoms with Gasteiger partial charge in [0.15, 0.2) is 0 Å². The van der Waals surface area contributed by atoms with Crippen molar-refractivity contribution in [3.05, 3.63) is 76.2 Å². The number of hydrogen-bond acceptors (Lipinski definition) is 3. The van der Waals surface area contributed by atoms with Crippen molar-refractivity contribution in [2.45, 2.75) is 0 Å². The van der Waals surface area contributed by atoms with E-state index in [-0.39, 0.29) is 17.0 Å². The number of rotatable bonds is 4. The number of hydrogen-bond donors (Lipinski definition) is 1. The molecule has 1 aliphatic rings. The van der Waals surface area contributed by atoms with Gasteiger partial charge in [-0.1, -0.05) is 42.5 Å². The largest absolute Gasteiger partial charge is 0.336 e. The Kier molecular flexibility index (Phi) is 5.23. The maximum Gasteiger partial charge on any atom is 0.260 e. The van der Waals surface area contributed by atoms with E-state index in [1.807, 2.05) is 18.2 Å². The summed E-state index contributed by atoms with van der Waals surface area (Å²) >= 11 is 0. The fourth-order valence-corrected chi connectivity index (χ4v) is 2.80. The fraction of sp³-hybridized carbons (Fsp3) is 0.263. The van der Waals surface area contributed by atoms with E-state index in [4.69, 9.17) is 0 Å². The number of piperazine rings is 1. The van der Waals surface area contributed by atoms with Crippen molar-refractivity contribution < 1.29 is 4.79 Å². The van der Waals surface area contributed by atoms with Crippen LogP contribution in [0.3, 0.4) is 0 Å². The zero-order valence-corrected chi connectivity index (χ0v) is 13.5. The minimum atomic E-state index is -0.323. The van der Waals surface area contributed by atoms with Gasteiger partial charge in [0.25, 0.3) is 11.5 Å². The number of nitrogens with zero attached hydrogens (tertiary/aromatic N) is 2. The predicted molar refractivity (Wildman–Crippen MR) is 94.9 cm³/mol. The Morgan fingerprint density at radius 2 is 1.79 bits per heavy atom. The van der Waals surface area contributed by atoms with E-state index in [2.05, 4.69) is 34.2 Å². The van der Waals surface area contributed by atoms with Crippen molar-refractivity contribution in [1.29, 1.82) is 0 Å². The summed E-state index contributed by atoms with van der Waals surface area (Å²) in [6.07, 6.45) is 5.80. The molecule has 0 bridgehead atoms. The van der Waals surface area contributed by atoms with Crippen LogP contribution in [-0.2, 0) is 0 Å². The summed E-state index contributed by atoms with van der Waals surface area (Å²) in [7, 11) is 0. The maximum absolute atomic E-state index is 12.4. The van der Waals surface area contributed by atoms with E-state index in [9.17, 15) is 9.59 Å².